The van der Waals surface area contributed by atoms with Crippen molar-refractivity contribution >= 4 is 18.0 Å². The number of aliphatic hydroxyl groups excluding tert-OH is 1. The van der Waals surface area contributed by atoms with E-state index < -0.39 is 24.0 Å². The number of ether oxygens (including phenoxy) is 2. The van der Waals surface area contributed by atoms with Crippen molar-refractivity contribution in [2.45, 2.75) is 77.7 Å². The summed E-state index contributed by atoms with van der Waals surface area (Å²) in [4.78, 5) is 25.8. The summed E-state index contributed by atoms with van der Waals surface area (Å²) in [5.41, 5.74) is 5.86. The monoisotopic (exact) mass is 640 g/mol. The molecule has 0 aliphatic carbocycles. The van der Waals surface area contributed by atoms with E-state index in [4.69, 9.17) is 9.47 Å². The van der Waals surface area contributed by atoms with Gasteiger partial charge in [0.1, 0.15) is 11.5 Å². The van der Waals surface area contributed by atoms with Gasteiger partial charge in [-0.2, -0.15) is 0 Å². The maximum atomic E-state index is 14.3. The van der Waals surface area contributed by atoms with Crippen LogP contribution >= 0.6 is 0 Å². The van der Waals surface area contributed by atoms with E-state index in [9.17, 15) is 24.2 Å². The van der Waals surface area contributed by atoms with Crippen LogP contribution < -0.4 is 5.32 Å². The second-order valence-corrected chi connectivity index (χ2v) is 12.5. The molecule has 9 heteroatoms. The molecule has 1 fully saturated rings. The smallest absolute Gasteiger partial charge is 0.305 e. The third-order valence-corrected chi connectivity index (χ3v) is 8.08. The molecule has 1 aliphatic heterocycles. The summed E-state index contributed by atoms with van der Waals surface area (Å²) < 4.78 is 28.3. The first-order valence-electron chi connectivity index (χ1n) is 15.8. The number of aromatic nitrogens is 1. The van der Waals surface area contributed by atoms with Crippen LogP contribution in [0.15, 0.2) is 84.9 Å². The van der Waals surface area contributed by atoms with Gasteiger partial charge >= 0.3 is 5.97 Å². The first kappa shape index (κ1) is 33.8. The molecule has 5 rings (SSSR count). The second kappa shape index (κ2) is 14.5. The number of nitrogens with zero attached hydrogens (tertiary/aromatic N) is 1. The fraction of sp³-hybridized carbons (Fsp3) is 0.316. The Hall–Kier alpha value is -4.57. The molecule has 47 heavy (non-hydrogen) atoms. The zero-order valence-corrected chi connectivity index (χ0v) is 27.1. The van der Waals surface area contributed by atoms with E-state index in [0.29, 0.717) is 17.7 Å². The Morgan fingerprint density at radius 2 is 1.60 bits per heavy atom. The number of rotatable bonds is 11. The van der Waals surface area contributed by atoms with Crippen LogP contribution in [0.2, 0.25) is 0 Å². The van der Waals surface area contributed by atoms with Crippen molar-refractivity contribution in [1.82, 2.24) is 9.88 Å². The van der Waals surface area contributed by atoms with Crippen LogP contribution in [0.4, 0.5) is 4.39 Å². The molecule has 4 aromatic rings. The number of hydrogen-bond acceptors (Lipinski definition) is 5. The van der Waals surface area contributed by atoms with Gasteiger partial charge in [-0.3, -0.25) is 9.59 Å². The molecule has 1 aromatic heterocycles. The van der Waals surface area contributed by atoms with E-state index in [1.165, 1.54) is 12.1 Å². The lowest BCUT2D eigenvalue weighted by Crippen LogP contribution is -2.44. The molecule has 0 spiro atoms. The van der Waals surface area contributed by atoms with Gasteiger partial charge in [0.15, 0.2) is 5.79 Å². The predicted octanol–water partition coefficient (Wildman–Crippen LogP) is 7.36. The highest BCUT2D eigenvalue weighted by atomic mass is 19.1. The summed E-state index contributed by atoms with van der Waals surface area (Å²) in [5, 5.41) is 21.9. The van der Waals surface area contributed by atoms with Crippen molar-refractivity contribution in [3.63, 3.8) is 0 Å². The maximum absolute atomic E-state index is 14.3. The van der Waals surface area contributed by atoms with Crippen molar-refractivity contribution in [3.05, 3.63) is 113 Å². The van der Waals surface area contributed by atoms with Gasteiger partial charge in [-0.1, -0.05) is 72.8 Å². The summed E-state index contributed by atoms with van der Waals surface area (Å²) >= 11 is 0. The lowest BCUT2D eigenvalue weighted by Gasteiger charge is -2.39. The van der Waals surface area contributed by atoms with E-state index in [2.05, 4.69) is 5.32 Å². The van der Waals surface area contributed by atoms with Gasteiger partial charge in [0.05, 0.1) is 25.2 Å². The SMILES string of the molecule is CC(C)n1c(C=CC2CC(CC(=O)O)OC(C)(C)O2)c(-c2ccc(F)cc2)c(-c2ccccc2)c1C(=O)NCc1ccc(CO)cc1. The van der Waals surface area contributed by atoms with E-state index in [0.717, 1.165) is 33.5 Å². The van der Waals surface area contributed by atoms with E-state index in [1.807, 2.05) is 85.2 Å². The molecule has 0 radical (unpaired) electrons. The van der Waals surface area contributed by atoms with Crippen molar-refractivity contribution in [3.8, 4) is 22.3 Å². The zero-order valence-electron chi connectivity index (χ0n) is 27.1. The number of aliphatic hydroxyl groups is 1. The number of halogens is 1. The van der Waals surface area contributed by atoms with Crippen LogP contribution in [-0.2, 0) is 27.4 Å². The number of carbonyl (C=O) groups is 2. The van der Waals surface area contributed by atoms with Crippen LogP contribution in [-0.4, -0.2) is 44.7 Å². The molecule has 3 N–H and O–H groups in total. The molecule has 0 bridgehead atoms. The van der Waals surface area contributed by atoms with Gasteiger partial charge < -0.3 is 29.6 Å². The van der Waals surface area contributed by atoms with Gasteiger partial charge in [-0.05, 0) is 68.2 Å². The van der Waals surface area contributed by atoms with Crippen LogP contribution in [0.3, 0.4) is 0 Å². The van der Waals surface area contributed by atoms with Gasteiger partial charge in [0.25, 0.3) is 5.91 Å². The first-order chi connectivity index (χ1) is 22.5. The summed E-state index contributed by atoms with van der Waals surface area (Å²) in [7, 11) is 0. The Bertz CT molecular complexity index is 1730. The molecule has 1 amide bonds. The minimum atomic E-state index is -0.997. The van der Waals surface area contributed by atoms with Crippen molar-refractivity contribution in [2.75, 3.05) is 0 Å². The Morgan fingerprint density at radius 1 is 0.957 bits per heavy atom. The largest absolute Gasteiger partial charge is 0.481 e. The summed E-state index contributed by atoms with van der Waals surface area (Å²) in [5.74, 6) is -2.60. The molecular weight excluding hydrogens is 599 g/mol. The normalized spacial score (nSPS) is 17.7. The van der Waals surface area contributed by atoms with Crippen molar-refractivity contribution in [2.24, 2.45) is 0 Å². The van der Waals surface area contributed by atoms with Crippen LogP contribution in [0.25, 0.3) is 28.3 Å². The highest BCUT2D eigenvalue weighted by Gasteiger charge is 2.36. The number of carboxylic acids is 1. The van der Waals surface area contributed by atoms with E-state index in [-0.39, 0.29) is 37.3 Å². The molecule has 0 saturated carbocycles. The molecule has 1 aliphatic rings. The molecule has 2 atom stereocenters. The third-order valence-electron chi connectivity index (χ3n) is 8.08. The van der Waals surface area contributed by atoms with Crippen molar-refractivity contribution < 1.29 is 33.7 Å². The van der Waals surface area contributed by atoms with Crippen LogP contribution in [0.1, 0.15) is 73.9 Å². The number of amides is 1. The highest BCUT2D eigenvalue weighted by molar-refractivity contribution is 6.06. The van der Waals surface area contributed by atoms with E-state index in [1.54, 1.807) is 26.0 Å². The number of carbonyl (C=O) groups excluding carboxylic acids is 1. The topological polar surface area (TPSA) is 110 Å². The first-order valence-corrected chi connectivity index (χ1v) is 15.8. The maximum Gasteiger partial charge on any atom is 0.305 e. The predicted molar refractivity (Wildman–Crippen MR) is 179 cm³/mol. The van der Waals surface area contributed by atoms with Gasteiger partial charge in [0, 0.05) is 35.8 Å². The molecule has 8 nitrogen and oxygen atoms in total. The Balaban J connectivity index is 1.66. The number of nitrogens with one attached hydrogen (secondary N) is 1. The van der Waals surface area contributed by atoms with Crippen molar-refractivity contribution in [1.29, 1.82) is 0 Å². The lowest BCUT2D eigenvalue weighted by atomic mass is 9.94. The zero-order chi connectivity index (χ0) is 33.7. The molecule has 2 heterocycles. The molecule has 1 saturated heterocycles. The molecular formula is C38H41FN2O6. The fourth-order valence-electron chi connectivity index (χ4n) is 6.14. The number of carboxylic acid groups (broad SMARTS) is 1. The number of benzene rings is 3. The third kappa shape index (κ3) is 8.05. The van der Waals surface area contributed by atoms with Crippen LogP contribution in [0.5, 0.6) is 0 Å². The number of aliphatic carboxylic acids is 1. The average molecular weight is 641 g/mol. The standard InChI is InChI=1S/C38H41FN2O6/c1-24(2)41-32(19-18-30-20-31(21-33(43)44)47-38(3,4)46-30)34(28-14-16-29(39)17-15-28)35(27-8-6-5-7-9-27)36(41)37(45)40-22-25-10-12-26(23-42)13-11-25/h5-19,24,30-31,42H,20-23H2,1-4H3,(H,40,45)(H,43,44). The minimum Gasteiger partial charge on any atom is -0.481 e. The summed E-state index contributed by atoms with van der Waals surface area (Å²) in [6.45, 7) is 7.73. The summed E-state index contributed by atoms with van der Waals surface area (Å²) in [6.07, 6.45) is 3.00. The quantitative estimate of drug-likeness (QED) is 0.158. The molecule has 246 valence electrons. The Morgan fingerprint density at radius 3 is 2.21 bits per heavy atom. The fourth-order valence-corrected chi connectivity index (χ4v) is 6.14. The average Bonchev–Trinajstić information content (AvgIpc) is 3.38. The summed E-state index contributed by atoms with van der Waals surface area (Å²) in [6, 6.07) is 23.1. The second-order valence-electron chi connectivity index (χ2n) is 12.5. The number of hydrogen-bond donors (Lipinski definition) is 3. The Kier molecular flexibility index (Phi) is 10.4. The van der Waals surface area contributed by atoms with Gasteiger partial charge in [0.2, 0.25) is 0 Å². The van der Waals surface area contributed by atoms with E-state index >= 15 is 0 Å². The van der Waals surface area contributed by atoms with Gasteiger partial charge in [-0.15, -0.1) is 0 Å². The van der Waals surface area contributed by atoms with Crippen LogP contribution in [0, 0.1) is 5.82 Å². The lowest BCUT2D eigenvalue weighted by molar-refractivity contribution is -0.290. The highest BCUT2D eigenvalue weighted by Crippen LogP contribution is 2.43. The van der Waals surface area contributed by atoms with Gasteiger partial charge in [-0.25, -0.2) is 4.39 Å². The Labute approximate surface area is 274 Å². The molecule has 2 unspecified atom stereocenters. The molecule has 3 aromatic carbocycles. The minimum absolute atomic E-state index is 0.0614.